The second-order valence-corrected chi connectivity index (χ2v) is 4.83. The summed E-state index contributed by atoms with van der Waals surface area (Å²) < 4.78 is 0. The van der Waals surface area contributed by atoms with Crippen LogP contribution in [0.3, 0.4) is 0 Å². The first-order valence-corrected chi connectivity index (χ1v) is 6.25. The Morgan fingerprint density at radius 3 is 2.75 bits per heavy atom. The monoisotopic (exact) mass is 219 g/mol. The van der Waals surface area contributed by atoms with E-state index in [9.17, 15) is 5.11 Å². The number of aliphatic hydroxyl groups is 1. The Balaban J connectivity index is 1.84. The molecule has 0 amide bonds. The second kappa shape index (κ2) is 5.46. The average molecular weight is 219 g/mol. The fraction of sp³-hybridized carbons (Fsp3) is 0.571. The maximum Gasteiger partial charge on any atom is 0.0512 e. The molecule has 0 saturated carbocycles. The molecule has 2 N–H and O–H groups in total. The Morgan fingerprint density at radius 1 is 1.31 bits per heavy atom. The van der Waals surface area contributed by atoms with Gasteiger partial charge in [0.2, 0.25) is 0 Å². The van der Waals surface area contributed by atoms with Crippen LogP contribution in [-0.4, -0.2) is 17.3 Å². The van der Waals surface area contributed by atoms with Gasteiger partial charge in [0.05, 0.1) is 6.10 Å². The van der Waals surface area contributed by atoms with Gasteiger partial charge in [-0.3, -0.25) is 0 Å². The van der Waals surface area contributed by atoms with Crippen LogP contribution in [0.15, 0.2) is 30.3 Å². The van der Waals surface area contributed by atoms with Crippen LogP contribution in [0.1, 0.15) is 44.2 Å². The Labute approximate surface area is 97.7 Å². The second-order valence-electron chi connectivity index (χ2n) is 4.83. The smallest absolute Gasteiger partial charge is 0.0512 e. The van der Waals surface area contributed by atoms with E-state index >= 15 is 0 Å². The first-order chi connectivity index (χ1) is 7.75. The van der Waals surface area contributed by atoms with Crippen molar-refractivity contribution < 1.29 is 5.11 Å². The average Bonchev–Trinajstić information content (AvgIpc) is 2.76. The lowest BCUT2D eigenvalue weighted by Gasteiger charge is -2.15. The molecule has 0 spiro atoms. The highest BCUT2D eigenvalue weighted by molar-refractivity contribution is 5.20. The van der Waals surface area contributed by atoms with E-state index in [4.69, 9.17) is 0 Å². The molecule has 1 aromatic rings. The number of hydrogen-bond acceptors (Lipinski definition) is 2. The van der Waals surface area contributed by atoms with Crippen molar-refractivity contribution in [1.29, 1.82) is 0 Å². The van der Waals surface area contributed by atoms with E-state index in [0.29, 0.717) is 12.1 Å². The minimum absolute atomic E-state index is 0.169. The zero-order valence-electron chi connectivity index (χ0n) is 9.89. The van der Waals surface area contributed by atoms with Gasteiger partial charge in [0.1, 0.15) is 0 Å². The molecule has 1 heterocycles. The van der Waals surface area contributed by atoms with Crippen molar-refractivity contribution in [3.8, 4) is 0 Å². The van der Waals surface area contributed by atoms with E-state index in [1.807, 2.05) is 6.92 Å². The standard InChI is InChI=1S/C14H21NO/c1-11(16)7-8-13-9-10-14(15-13)12-5-3-2-4-6-12/h2-6,11,13-16H,7-10H2,1H3. The number of hydrogen-bond donors (Lipinski definition) is 2. The van der Waals surface area contributed by atoms with E-state index in [-0.39, 0.29) is 6.10 Å². The normalized spacial score (nSPS) is 26.9. The van der Waals surface area contributed by atoms with Crippen LogP contribution < -0.4 is 5.32 Å². The highest BCUT2D eigenvalue weighted by Gasteiger charge is 2.24. The topological polar surface area (TPSA) is 32.3 Å². The molecule has 0 bridgehead atoms. The molecule has 2 rings (SSSR count). The van der Waals surface area contributed by atoms with E-state index in [1.54, 1.807) is 0 Å². The van der Waals surface area contributed by atoms with Gasteiger partial charge in [-0.2, -0.15) is 0 Å². The Kier molecular flexibility index (Phi) is 3.97. The van der Waals surface area contributed by atoms with Crippen molar-refractivity contribution in [2.24, 2.45) is 0 Å². The molecule has 1 saturated heterocycles. The summed E-state index contributed by atoms with van der Waals surface area (Å²) in [7, 11) is 0. The van der Waals surface area contributed by atoms with Crippen LogP contribution in [0.25, 0.3) is 0 Å². The molecule has 88 valence electrons. The summed E-state index contributed by atoms with van der Waals surface area (Å²) in [4.78, 5) is 0. The quantitative estimate of drug-likeness (QED) is 0.816. The summed E-state index contributed by atoms with van der Waals surface area (Å²) >= 11 is 0. The van der Waals surface area contributed by atoms with Crippen molar-refractivity contribution in [3.63, 3.8) is 0 Å². The molecule has 3 unspecified atom stereocenters. The third kappa shape index (κ3) is 3.06. The first kappa shape index (κ1) is 11.6. The predicted octanol–water partition coefficient (Wildman–Crippen LogP) is 2.64. The zero-order valence-corrected chi connectivity index (χ0v) is 9.89. The summed E-state index contributed by atoms with van der Waals surface area (Å²) in [6.07, 6.45) is 4.26. The van der Waals surface area contributed by atoms with E-state index < -0.39 is 0 Å². The molecule has 2 nitrogen and oxygen atoms in total. The van der Waals surface area contributed by atoms with E-state index in [2.05, 4.69) is 35.6 Å². The molecule has 0 aromatic heterocycles. The predicted molar refractivity (Wildman–Crippen MR) is 66.3 cm³/mol. The van der Waals surface area contributed by atoms with Crippen molar-refractivity contribution in [3.05, 3.63) is 35.9 Å². The third-order valence-corrected chi connectivity index (χ3v) is 3.38. The van der Waals surface area contributed by atoms with Gasteiger partial charge in [-0.25, -0.2) is 0 Å². The summed E-state index contributed by atoms with van der Waals surface area (Å²) in [5.74, 6) is 0. The van der Waals surface area contributed by atoms with Crippen molar-refractivity contribution in [1.82, 2.24) is 5.32 Å². The summed E-state index contributed by atoms with van der Waals surface area (Å²) in [5, 5.41) is 12.9. The van der Waals surface area contributed by atoms with Crippen molar-refractivity contribution >= 4 is 0 Å². The maximum absolute atomic E-state index is 9.27. The molecular formula is C14H21NO. The van der Waals surface area contributed by atoms with Crippen LogP contribution in [0, 0.1) is 0 Å². The van der Waals surface area contributed by atoms with Crippen molar-refractivity contribution in [2.45, 2.75) is 50.8 Å². The molecule has 1 aliphatic rings. The SMILES string of the molecule is CC(O)CCC1CCC(c2ccccc2)N1. The van der Waals surface area contributed by atoms with Gasteiger partial charge in [0, 0.05) is 12.1 Å². The van der Waals surface area contributed by atoms with Crippen LogP contribution in [0.5, 0.6) is 0 Å². The molecule has 1 fully saturated rings. The van der Waals surface area contributed by atoms with Crippen LogP contribution >= 0.6 is 0 Å². The Bertz CT molecular complexity index is 310. The lowest BCUT2D eigenvalue weighted by atomic mass is 10.0. The fourth-order valence-corrected chi connectivity index (χ4v) is 2.44. The van der Waals surface area contributed by atoms with E-state index in [1.165, 1.54) is 18.4 Å². The number of benzene rings is 1. The lowest BCUT2D eigenvalue weighted by Crippen LogP contribution is -2.25. The van der Waals surface area contributed by atoms with Crippen LogP contribution in [0.4, 0.5) is 0 Å². The van der Waals surface area contributed by atoms with Gasteiger partial charge in [0.15, 0.2) is 0 Å². The summed E-state index contributed by atoms with van der Waals surface area (Å²) in [6, 6.07) is 11.7. The Morgan fingerprint density at radius 2 is 2.06 bits per heavy atom. The molecule has 0 aliphatic carbocycles. The summed E-state index contributed by atoms with van der Waals surface area (Å²) in [5.41, 5.74) is 1.39. The molecule has 1 aromatic carbocycles. The van der Waals surface area contributed by atoms with Gasteiger partial charge >= 0.3 is 0 Å². The van der Waals surface area contributed by atoms with Gasteiger partial charge in [-0.05, 0) is 38.2 Å². The largest absolute Gasteiger partial charge is 0.393 e. The molecule has 1 aliphatic heterocycles. The summed E-state index contributed by atoms with van der Waals surface area (Å²) in [6.45, 7) is 1.86. The highest BCUT2D eigenvalue weighted by Crippen LogP contribution is 2.28. The van der Waals surface area contributed by atoms with Gasteiger partial charge in [-0.1, -0.05) is 30.3 Å². The molecule has 16 heavy (non-hydrogen) atoms. The number of aliphatic hydroxyl groups excluding tert-OH is 1. The first-order valence-electron chi connectivity index (χ1n) is 6.25. The highest BCUT2D eigenvalue weighted by atomic mass is 16.3. The lowest BCUT2D eigenvalue weighted by molar-refractivity contribution is 0.177. The van der Waals surface area contributed by atoms with Gasteiger partial charge < -0.3 is 10.4 Å². The molecular weight excluding hydrogens is 198 g/mol. The Hall–Kier alpha value is -0.860. The van der Waals surface area contributed by atoms with Crippen LogP contribution in [-0.2, 0) is 0 Å². The minimum atomic E-state index is -0.169. The molecule has 0 radical (unpaired) electrons. The zero-order chi connectivity index (χ0) is 11.4. The minimum Gasteiger partial charge on any atom is -0.393 e. The third-order valence-electron chi connectivity index (χ3n) is 3.38. The number of nitrogens with one attached hydrogen (secondary N) is 1. The van der Waals surface area contributed by atoms with E-state index in [0.717, 1.165) is 12.8 Å². The fourth-order valence-electron chi connectivity index (χ4n) is 2.44. The van der Waals surface area contributed by atoms with Gasteiger partial charge in [-0.15, -0.1) is 0 Å². The molecule has 3 atom stereocenters. The molecule has 2 heteroatoms. The van der Waals surface area contributed by atoms with Crippen molar-refractivity contribution in [2.75, 3.05) is 0 Å². The maximum atomic E-state index is 9.27. The number of rotatable bonds is 4. The van der Waals surface area contributed by atoms with Crippen LogP contribution in [0.2, 0.25) is 0 Å². The van der Waals surface area contributed by atoms with Gasteiger partial charge in [0.25, 0.3) is 0 Å².